The first-order valence-electron chi connectivity index (χ1n) is 7.05. The summed E-state index contributed by atoms with van der Waals surface area (Å²) in [5.41, 5.74) is 1.13. The number of nitrogens with one attached hydrogen (secondary N) is 1. The van der Waals surface area contributed by atoms with Gasteiger partial charge in [-0.15, -0.1) is 5.10 Å². The normalized spacial score (nSPS) is 10.3. The third kappa shape index (κ3) is 5.16. The molecule has 1 aromatic heterocycles. The van der Waals surface area contributed by atoms with Gasteiger partial charge in [-0.1, -0.05) is 17.3 Å². The second-order valence-electron chi connectivity index (χ2n) is 5.00. The molecule has 0 unspecified atom stereocenters. The summed E-state index contributed by atoms with van der Waals surface area (Å²) in [4.78, 5) is 32.5. The number of carbonyl (C=O) groups excluding carboxylic acids is 1. The molecule has 0 saturated heterocycles. The van der Waals surface area contributed by atoms with E-state index in [9.17, 15) is 19.7 Å². The summed E-state index contributed by atoms with van der Waals surface area (Å²) in [6.45, 7) is -0.166. The molecule has 0 aliphatic carbocycles. The lowest BCUT2D eigenvalue weighted by atomic mass is 10.1. The molecule has 10 nitrogen and oxygen atoms in total. The first-order valence-corrected chi connectivity index (χ1v) is 7.05. The van der Waals surface area contributed by atoms with E-state index in [1.165, 1.54) is 18.3 Å². The van der Waals surface area contributed by atoms with E-state index in [1.807, 2.05) is 0 Å². The largest absolute Gasteiger partial charge is 0.480 e. The number of carbonyl (C=O) groups is 2. The van der Waals surface area contributed by atoms with Crippen molar-refractivity contribution in [3.05, 3.63) is 51.8 Å². The zero-order chi connectivity index (χ0) is 17.5. The summed E-state index contributed by atoms with van der Waals surface area (Å²) >= 11 is 0. The van der Waals surface area contributed by atoms with Gasteiger partial charge in [0.15, 0.2) is 0 Å². The van der Waals surface area contributed by atoms with Crippen molar-refractivity contribution >= 4 is 17.6 Å². The Bertz CT molecular complexity index is 758. The number of nitrogens with zero attached hydrogens (tertiary/aromatic N) is 4. The number of benzene rings is 1. The number of aryl methyl sites for hydroxylation is 1. The van der Waals surface area contributed by atoms with Crippen molar-refractivity contribution in [2.75, 3.05) is 0 Å². The number of carboxylic acids is 1. The molecule has 0 fully saturated rings. The number of aliphatic carboxylic acids is 1. The molecule has 0 aliphatic heterocycles. The second-order valence-corrected chi connectivity index (χ2v) is 5.00. The van der Waals surface area contributed by atoms with Crippen molar-refractivity contribution in [2.45, 2.75) is 25.9 Å². The van der Waals surface area contributed by atoms with Crippen molar-refractivity contribution in [3.8, 4) is 0 Å². The van der Waals surface area contributed by atoms with E-state index in [0.29, 0.717) is 17.7 Å². The lowest BCUT2D eigenvalue weighted by Gasteiger charge is -2.03. The van der Waals surface area contributed by atoms with Crippen LogP contribution >= 0.6 is 0 Å². The van der Waals surface area contributed by atoms with Gasteiger partial charge in [-0.05, 0) is 12.0 Å². The number of hydrogen-bond acceptors (Lipinski definition) is 6. The Kier molecular flexibility index (Phi) is 5.55. The molecular weight excluding hydrogens is 318 g/mol. The summed E-state index contributed by atoms with van der Waals surface area (Å²) in [5.74, 6) is -1.28. The third-order valence-corrected chi connectivity index (χ3v) is 3.11. The van der Waals surface area contributed by atoms with Crippen molar-refractivity contribution in [1.29, 1.82) is 0 Å². The predicted octanol–water partition coefficient (Wildman–Crippen LogP) is 0.520. The van der Waals surface area contributed by atoms with Gasteiger partial charge in [-0.25, -0.2) is 4.68 Å². The minimum Gasteiger partial charge on any atom is -0.480 e. The molecule has 24 heavy (non-hydrogen) atoms. The lowest BCUT2D eigenvalue weighted by Crippen LogP contribution is -2.23. The van der Waals surface area contributed by atoms with Gasteiger partial charge in [0.25, 0.3) is 5.69 Å². The van der Waals surface area contributed by atoms with Crippen LogP contribution in [0.5, 0.6) is 0 Å². The van der Waals surface area contributed by atoms with Crippen LogP contribution in [0.3, 0.4) is 0 Å². The Morgan fingerprint density at radius 1 is 1.38 bits per heavy atom. The first-order chi connectivity index (χ1) is 11.4. The number of rotatable bonds is 8. The summed E-state index contributed by atoms with van der Waals surface area (Å²) in [7, 11) is 0. The molecule has 1 amide bonds. The van der Waals surface area contributed by atoms with Crippen molar-refractivity contribution in [2.24, 2.45) is 0 Å². The van der Waals surface area contributed by atoms with Gasteiger partial charge in [0.2, 0.25) is 5.91 Å². The van der Waals surface area contributed by atoms with Crippen LogP contribution in [-0.4, -0.2) is 36.9 Å². The van der Waals surface area contributed by atoms with E-state index in [0.717, 1.165) is 4.68 Å². The Hall–Kier alpha value is -3.30. The molecule has 1 heterocycles. The standard InChI is InChI=1S/C14H15N5O5/c20-13(5-4-10-2-1-3-12(6-10)19(23)24)15-7-11-8-18(17-16-11)9-14(21)22/h1-3,6,8H,4-5,7,9H2,(H,15,20)(H,21,22). The Labute approximate surface area is 136 Å². The molecule has 2 aromatic rings. The van der Waals surface area contributed by atoms with Crippen LogP contribution in [0.1, 0.15) is 17.7 Å². The maximum absolute atomic E-state index is 11.8. The van der Waals surface area contributed by atoms with E-state index < -0.39 is 10.9 Å². The maximum atomic E-state index is 11.8. The van der Waals surface area contributed by atoms with Crippen LogP contribution < -0.4 is 5.32 Å². The van der Waals surface area contributed by atoms with Crippen LogP contribution in [0.2, 0.25) is 0 Å². The van der Waals surface area contributed by atoms with Gasteiger partial charge in [0, 0.05) is 18.6 Å². The van der Waals surface area contributed by atoms with Crippen LogP contribution in [-0.2, 0) is 29.1 Å². The Morgan fingerprint density at radius 2 is 2.17 bits per heavy atom. The highest BCUT2D eigenvalue weighted by Gasteiger charge is 2.09. The van der Waals surface area contributed by atoms with Crippen molar-refractivity contribution < 1.29 is 19.6 Å². The molecule has 0 atom stereocenters. The van der Waals surface area contributed by atoms with Crippen molar-refractivity contribution in [3.63, 3.8) is 0 Å². The smallest absolute Gasteiger partial charge is 0.325 e. The molecule has 0 radical (unpaired) electrons. The maximum Gasteiger partial charge on any atom is 0.325 e. The fraction of sp³-hybridized carbons (Fsp3) is 0.286. The lowest BCUT2D eigenvalue weighted by molar-refractivity contribution is -0.384. The van der Waals surface area contributed by atoms with E-state index in [4.69, 9.17) is 5.11 Å². The number of aromatic nitrogens is 3. The van der Waals surface area contributed by atoms with Crippen LogP contribution in [0.4, 0.5) is 5.69 Å². The Balaban J connectivity index is 1.79. The minimum absolute atomic E-state index is 0.0112. The van der Waals surface area contributed by atoms with Gasteiger partial charge in [-0.3, -0.25) is 19.7 Å². The summed E-state index contributed by atoms with van der Waals surface area (Å²) in [6, 6.07) is 6.12. The minimum atomic E-state index is -1.03. The topological polar surface area (TPSA) is 140 Å². The van der Waals surface area contributed by atoms with Gasteiger partial charge in [0.05, 0.1) is 17.7 Å². The van der Waals surface area contributed by atoms with Gasteiger partial charge in [-0.2, -0.15) is 0 Å². The molecule has 1 aromatic carbocycles. The molecular formula is C14H15N5O5. The summed E-state index contributed by atoms with van der Waals surface area (Å²) in [6.07, 6.45) is 1.98. The van der Waals surface area contributed by atoms with E-state index in [2.05, 4.69) is 15.6 Å². The van der Waals surface area contributed by atoms with E-state index in [1.54, 1.807) is 12.1 Å². The third-order valence-electron chi connectivity index (χ3n) is 3.11. The molecule has 0 bridgehead atoms. The van der Waals surface area contributed by atoms with Crippen LogP contribution in [0.15, 0.2) is 30.5 Å². The highest BCUT2D eigenvalue weighted by atomic mass is 16.6. The molecule has 0 spiro atoms. The number of hydrogen-bond donors (Lipinski definition) is 2. The van der Waals surface area contributed by atoms with E-state index >= 15 is 0 Å². The number of amides is 1. The Morgan fingerprint density at radius 3 is 2.88 bits per heavy atom. The first kappa shape index (κ1) is 17.1. The van der Waals surface area contributed by atoms with E-state index in [-0.39, 0.29) is 31.1 Å². The molecule has 0 saturated carbocycles. The molecule has 0 aliphatic rings. The van der Waals surface area contributed by atoms with Gasteiger partial charge in [0.1, 0.15) is 12.2 Å². The molecule has 2 rings (SSSR count). The van der Waals surface area contributed by atoms with Crippen molar-refractivity contribution in [1.82, 2.24) is 20.3 Å². The second kappa shape index (κ2) is 7.81. The zero-order valence-electron chi connectivity index (χ0n) is 12.6. The number of nitro groups is 1. The fourth-order valence-electron chi connectivity index (χ4n) is 2.00. The quantitative estimate of drug-likeness (QED) is 0.530. The monoisotopic (exact) mass is 333 g/mol. The fourth-order valence-corrected chi connectivity index (χ4v) is 2.00. The molecule has 126 valence electrons. The van der Waals surface area contributed by atoms with Gasteiger partial charge >= 0.3 is 5.97 Å². The number of non-ortho nitro benzene ring substituents is 1. The van der Waals surface area contributed by atoms with Crippen LogP contribution in [0.25, 0.3) is 0 Å². The zero-order valence-corrected chi connectivity index (χ0v) is 12.6. The highest BCUT2D eigenvalue weighted by molar-refractivity contribution is 5.76. The highest BCUT2D eigenvalue weighted by Crippen LogP contribution is 2.14. The number of nitro benzene ring substituents is 1. The number of carboxylic acid groups (broad SMARTS) is 1. The van der Waals surface area contributed by atoms with Crippen LogP contribution in [0, 0.1) is 10.1 Å². The predicted molar refractivity (Wildman–Crippen MR) is 80.9 cm³/mol. The summed E-state index contributed by atoms with van der Waals surface area (Å²) in [5, 5.41) is 29.3. The average Bonchev–Trinajstić information content (AvgIpc) is 2.98. The molecule has 2 N–H and O–H groups in total. The SMILES string of the molecule is O=C(O)Cn1cc(CNC(=O)CCc2cccc([N+](=O)[O-])c2)nn1. The van der Waals surface area contributed by atoms with Gasteiger partial charge < -0.3 is 10.4 Å². The molecule has 10 heteroatoms. The summed E-state index contributed by atoms with van der Waals surface area (Å²) < 4.78 is 1.16. The average molecular weight is 333 g/mol.